The van der Waals surface area contributed by atoms with Crippen LogP contribution in [0.15, 0.2) is 18.2 Å². The Balaban J connectivity index is 3.00. The zero-order chi connectivity index (χ0) is 16.4. The molecule has 1 unspecified atom stereocenters. The molecule has 0 aliphatic heterocycles. The fourth-order valence-electron chi connectivity index (χ4n) is 1.57. The Morgan fingerprint density at radius 2 is 1.86 bits per heavy atom. The average Bonchev–Trinajstić information content (AvgIpc) is 2.27. The van der Waals surface area contributed by atoms with Crippen molar-refractivity contribution in [3.63, 3.8) is 0 Å². The molecule has 7 heteroatoms. The van der Waals surface area contributed by atoms with Crippen molar-refractivity contribution in [1.82, 2.24) is 0 Å². The van der Waals surface area contributed by atoms with Crippen LogP contribution >= 0.6 is 11.6 Å². The Hall–Kier alpha value is -1.43. The van der Waals surface area contributed by atoms with Crippen LogP contribution in [-0.4, -0.2) is 17.6 Å². The van der Waals surface area contributed by atoms with Crippen molar-refractivity contribution in [3.8, 4) is 0 Å². The number of ether oxygens (including phenoxy) is 1. The van der Waals surface area contributed by atoms with Crippen LogP contribution in [0.3, 0.4) is 0 Å². The Morgan fingerprint density at radius 1 is 1.29 bits per heavy atom. The molecule has 1 aromatic rings. The molecule has 0 saturated carbocycles. The maximum absolute atomic E-state index is 12.9. The SMILES string of the molecule is CC(Nc1c(Cl)cccc1C(F)(F)F)C(=O)OC(C)(C)C. The Labute approximate surface area is 126 Å². The summed E-state index contributed by atoms with van der Waals surface area (Å²) in [6, 6.07) is 2.45. The first-order chi connectivity index (χ1) is 9.42. The summed E-state index contributed by atoms with van der Waals surface area (Å²) in [7, 11) is 0. The second kappa shape index (κ2) is 6.13. The number of halogens is 4. The van der Waals surface area contributed by atoms with E-state index in [0.717, 1.165) is 6.07 Å². The van der Waals surface area contributed by atoms with Gasteiger partial charge in [0.05, 0.1) is 16.3 Å². The predicted molar refractivity (Wildman–Crippen MR) is 75.4 cm³/mol. The molecule has 0 saturated heterocycles. The van der Waals surface area contributed by atoms with Gasteiger partial charge in [-0.25, -0.2) is 4.79 Å². The van der Waals surface area contributed by atoms with Crippen molar-refractivity contribution in [2.45, 2.75) is 45.5 Å². The summed E-state index contributed by atoms with van der Waals surface area (Å²) in [6.07, 6.45) is -4.57. The number of alkyl halides is 3. The predicted octanol–water partition coefficient (Wildman–Crippen LogP) is 4.50. The third-order valence-electron chi connectivity index (χ3n) is 2.44. The van der Waals surface area contributed by atoms with E-state index in [1.165, 1.54) is 19.1 Å². The van der Waals surface area contributed by atoms with Gasteiger partial charge in [-0.1, -0.05) is 17.7 Å². The van der Waals surface area contributed by atoms with E-state index in [1.54, 1.807) is 20.8 Å². The maximum Gasteiger partial charge on any atom is 0.418 e. The molecule has 1 aromatic carbocycles. The van der Waals surface area contributed by atoms with Crippen molar-refractivity contribution in [2.24, 2.45) is 0 Å². The van der Waals surface area contributed by atoms with Crippen LogP contribution in [0, 0.1) is 0 Å². The van der Waals surface area contributed by atoms with E-state index in [-0.39, 0.29) is 10.7 Å². The molecule has 0 bridgehead atoms. The van der Waals surface area contributed by atoms with E-state index in [4.69, 9.17) is 16.3 Å². The molecule has 0 aromatic heterocycles. The van der Waals surface area contributed by atoms with Crippen LogP contribution in [0.2, 0.25) is 5.02 Å². The van der Waals surface area contributed by atoms with E-state index >= 15 is 0 Å². The summed E-state index contributed by atoms with van der Waals surface area (Å²) >= 11 is 5.80. The third-order valence-corrected chi connectivity index (χ3v) is 2.76. The van der Waals surface area contributed by atoms with Gasteiger partial charge in [-0.05, 0) is 39.8 Å². The fourth-order valence-corrected chi connectivity index (χ4v) is 1.80. The molecule has 0 fully saturated rings. The normalized spacial score (nSPS) is 13.7. The number of esters is 1. The van der Waals surface area contributed by atoms with Gasteiger partial charge in [-0.2, -0.15) is 13.2 Å². The molecule has 1 atom stereocenters. The van der Waals surface area contributed by atoms with Gasteiger partial charge in [0, 0.05) is 0 Å². The Morgan fingerprint density at radius 3 is 2.33 bits per heavy atom. The van der Waals surface area contributed by atoms with Crippen molar-refractivity contribution in [1.29, 1.82) is 0 Å². The van der Waals surface area contributed by atoms with E-state index in [2.05, 4.69) is 5.32 Å². The van der Waals surface area contributed by atoms with Crippen LogP contribution in [0.1, 0.15) is 33.3 Å². The van der Waals surface area contributed by atoms with E-state index < -0.39 is 29.4 Å². The second-order valence-electron chi connectivity index (χ2n) is 5.56. The quantitative estimate of drug-likeness (QED) is 0.832. The number of anilines is 1. The smallest absolute Gasteiger partial charge is 0.418 e. The molecular formula is C14H17ClF3NO2. The van der Waals surface area contributed by atoms with Gasteiger partial charge in [0.1, 0.15) is 11.6 Å². The molecule has 0 aliphatic carbocycles. The van der Waals surface area contributed by atoms with Gasteiger partial charge in [-0.3, -0.25) is 0 Å². The highest BCUT2D eigenvalue weighted by Gasteiger charge is 2.35. The minimum atomic E-state index is -4.57. The van der Waals surface area contributed by atoms with Gasteiger partial charge in [0.2, 0.25) is 0 Å². The zero-order valence-electron chi connectivity index (χ0n) is 12.1. The lowest BCUT2D eigenvalue weighted by atomic mass is 10.1. The monoisotopic (exact) mass is 323 g/mol. The molecule has 1 N–H and O–H groups in total. The summed E-state index contributed by atoms with van der Waals surface area (Å²) in [4.78, 5) is 11.8. The molecule has 3 nitrogen and oxygen atoms in total. The van der Waals surface area contributed by atoms with Crippen LogP contribution in [-0.2, 0) is 15.7 Å². The maximum atomic E-state index is 12.9. The first-order valence-corrected chi connectivity index (χ1v) is 6.64. The highest BCUT2D eigenvalue weighted by Crippen LogP contribution is 2.38. The molecule has 0 spiro atoms. The zero-order valence-corrected chi connectivity index (χ0v) is 12.9. The van der Waals surface area contributed by atoms with Crippen LogP contribution in [0.4, 0.5) is 18.9 Å². The van der Waals surface area contributed by atoms with Crippen LogP contribution in [0.5, 0.6) is 0 Å². The summed E-state index contributed by atoms with van der Waals surface area (Å²) in [5, 5.41) is 2.37. The summed E-state index contributed by atoms with van der Waals surface area (Å²) in [5.41, 5.74) is -1.98. The first kappa shape index (κ1) is 17.6. The Kier molecular flexibility index (Phi) is 5.15. The van der Waals surface area contributed by atoms with Crippen molar-refractivity contribution >= 4 is 23.3 Å². The second-order valence-corrected chi connectivity index (χ2v) is 5.97. The van der Waals surface area contributed by atoms with Gasteiger partial charge in [-0.15, -0.1) is 0 Å². The fraction of sp³-hybridized carbons (Fsp3) is 0.500. The van der Waals surface area contributed by atoms with Crippen LogP contribution < -0.4 is 5.32 Å². The Bertz CT molecular complexity index is 524. The molecule has 0 aliphatic rings. The number of hydrogen-bond acceptors (Lipinski definition) is 3. The molecule has 118 valence electrons. The van der Waals surface area contributed by atoms with E-state index in [9.17, 15) is 18.0 Å². The number of carbonyl (C=O) groups is 1. The molecule has 0 amide bonds. The molecule has 21 heavy (non-hydrogen) atoms. The van der Waals surface area contributed by atoms with Crippen LogP contribution in [0.25, 0.3) is 0 Å². The molecule has 0 heterocycles. The minimum Gasteiger partial charge on any atom is -0.458 e. The number of hydrogen-bond donors (Lipinski definition) is 1. The minimum absolute atomic E-state index is 0.111. The van der Waals surface area contributed by atoms with Crippen molar-refractivity contribution in [3.05, 3.63) is 28.8 Å². The number of nitrogens with one attached hydrogen (secondary N) is 1. The van der Waals surface area contributed by atoms with Gasteiger partial charge in [0.25, 0.3) is 0 Å². The summed E-state index contributed by atoms with van der Waals surface area (Å²) in [6.45, 7) is 6.44. The lowest BCUT2D eigenvalue weighted by molar-refractivity contribution is -0.155. The van der Waals surface area contributed by atoms with Crippen molar-refractivity contribution in [2.75, 3.05) is 5.32 Å². The van der Waals surface area contributed by atoms with Gasteiger partial charge in [0.15, 0.2) is 0 Å². The summed E-state index contributed by atoms with van der Waals surface area (Å²) < 4.78 is 43.9. The van der Waals surface area contributed by atoms with E-state index in [1.807, 2.05) is 0 Å². The number of carbonyl (C=O) groups excluding carboxylic acids is 1. The largest absolute Gasteiger partial charge is 0.458 e. The lowest BCUT2D eigenvalue weighted by Crippen LogP contribution is -2.35. The highest BCUT2D eigenvalue weighted by atomic mass is 35.5. The van der Waals surface area contributed by atoms with E-state index in [0.29, 0.717) is 0 Å². The number of rotatable bonds is 3. The topological polar surface area (TPSA) is 38.3 Å². The molecular weight excluding hydrogens is 307 g/mol. The molecule has 0 radical (unpaired) electrons. The third kappa shape index (κ3) is 5.12. The van der Waals surface area contributed by atoms with Crippen molar-refractivity contribution < 1.29 is 22.7 Å². The standard InChI is InChI=1S/C14H17ClF3NO2/c1-8(12(20)21-13(2,3)4)19-11-9(14(16,17)18)6-5-7-10(11)15/h5-8,19H,1-4H3. The number of benzene rings is 1. The van der Waals surface area contributed by atoms with Gasteiger partial charge < -0.3 is 10.1 Å². The first-order valence-electron chi connectivity index (χ1n) is 6.27. The summed E-state index contributed by atoms with van der Waals surface area (Å²) in [5.74, 6) is -0.657. The highest BCUT2D eigenvalue weighted by molar-refractivity contribution is 6.33. The number of para-hydroxylation sites is 1. The molecule has 1 rings (SSSR count). The average molecular weight is 324 g/mol. The van der Waals surface area contributed by atoms with Gasteiger partial charge >= 0.3 is 12.1 Å². The lowest BCUT2D eigenvalue weighted by Gasteiger charge is -2.24.